The van der Waals surface area contributed by atoms with Gasteiger partial charge in [0.2, 0.25) is 0 Å². The molecule has 0 aromatic carbocycles. The van der Waals surface area contributed by atoms with E-state index in [9.17, 15) is 4.79 Å². The van der Waals surface area contributed by atoms with Crippen LogP contribution in [-0.4, -0.2) is 12.6 Å². The molecule has 2 aliphatic carbocycles. The fourth-order valence-corrected chi connectivity index (χ4v) is 4.35. The van der Waals surface area contributed by atoms with Crippen molar-refractivity contribution in [2.45, 2.75) is 39.5 Å². The number of hydrogen-bond acceptors (Lipinski definition) is 2. The number of ether oxygens (including phenoxy) is 1. The minimum absolute atomic E-state index is 0.0433. The molecule has 0 amide bonds. The monoisotopic (exact) mass is 266 g/mol. The van der Waals surface area contributed by atoms with Crippen LogP contribution in [0, 0.1) is 16.7 Å². The Balaban J connectivity index is 2.10. The molecule has 2 nitrogen and oxygen atoms in total. The summed E-state index contributed by atoms with van der Waals surface area (Å²) in [5, 5.41) is 0.972. The van der Waals surface area contributed by atoms with Crippen molar-refractivity contribution in [1.82, 2.24) is 0 Å². The number of fused-ring (bicyclic) bond motifs is 1. The van der Waals surface area contributed by atoms with Crippen molar-refractivity contribution in [1.29, 1.82) is 0 Å². The van der Waals surface area contributed by atoms with Crippen molar-refractivity contribution in [3.63, 3.8) is 0 Å². The van der Waals surface area contributed by atoms with Gasteiger partial charge in [0.15, 0.2) is 0 Å². The quantitative estimate of drug-likeness (QED) is 0.492. The molecule has 3 aliphatic rings. The number of rotatable bonds is 0. The first kappa shape index (κ1) is 12.3. The molecular weight excluding hydrogens is 248 g/mol. The van der Waals surface area contributed by atoms with E-state index in [4.69, 9.17) is 16.3 Å². The molecule has 0 radical (unpaired) electrons. The summed E-state index contributed by atoms with van der Waals surface area (Å²) in [7, 11) is 0. The highest BCUT2D eigenvalue weighted by molar-refractivity contribution is 6.30. The summed E-state index contributed by atoms with van der Waals surface area (Å²) in [4.78, 5) is 12.2. The lowest BCUT2D eigenvalue weighted by Gasteiger charge is -2.38. The van der Waals surface area contributed by atoms with Gasteiger partial charge in [0.05, 0.1) is 5.41 Å². The largest absolute Gasteiger partial charge is 0.460 e. The van der Waals surface area contributed by atoms with E-state index < -0.39 is 5.41 Å². The Morgan fingerprint density at radius 2 is 2.22 bits per heavy atom. The lowest BCUT2D eigenvalue weighted by Crippen LogP contribution is -2.31. The van der Waals surface area contributed by atoms with Crippen LogP contribution >= 0.6 is 11.6 Å². The second-order valence-corrected chi connectivity index (χ2v) is 6.81. The van der Waals surface area contributed by atoms with Crippen molar-refractivity contribution in [2.75, 3.05) is 6.61 Å². The molecule has 0 aromatic rings. The van der Waals surface area contributed by atoms with Crippen LogP contribution in [0.5, 0.6) is 0 Å². The van der Waals surface area contributed by atoms with Crippen LogP contribution in [0.2, 0.25) is 0 Å². The van der Waals surface area contributed by atoms with E-state index in [1.54, 1.807) is 0 Å². The summed E-state index contributed by atoms with van der Waals surface area (Å²) in [6, 6.07) is 0. The number of carbonyl (C=O) groups is 1. The van der Waals surface area contributed by atoms with Crippen LogP contribution in [-0.2, 0) is 9.53 Å². The molecule has 0 unspecified atom stereocenters. The molecule has 2 fully saturated rings. The Hall–Kier alpha value is -0.760. The molecule has 0 bridgehead atoms. The SMILES string of the molecule is C=C1COC(=O)[C@]12CC1=C(Cl)CC[C@H](C)[C@@]1(C)C2. The zero-order valence-electron chi connectivity index (χ0n) is 11.0. The van der Waals surface area contributed by atoms with E-state index >= 15 is 0 Å². The number of halogens is 1. The molecule has 0 N–H and O–H groups in total. The summed E-state index contributed by atoms with van der Waals surface area (Å²) < 4.78 is 5.22. The Labute approximate surface area is 113 Å². The molecule has 18 heavy (non-hydrogen) atoms. The summed E-state index contributed by atoms with van der Waals surface area (Å²) in [6.07, 6.45) is 3.61. The summed E-state index contributed by atoms with van der Waals surface area (Å²) in [5.41, 5.74) is 1.78. The predicted molar refractivity (Wildman–Crippen MR) is 71.2 cm³/mol. The van der Waals surface area contributed by atoms with Crippen LogP contribution in [0.3, 0.4) is 0 Å². The highest BCUT2D eigenvalue weighted by Gasteiger charge is 2.60. The van der Waals surface area contributed by atoms with Crippen molar-refractivity contribution in [3.05, 3.63) is 22.8 Å². The third-order valence-electron chi connectivity index (χ3n) is 5.49. The van der Waals surface area contributed by atoms with Crippen molar-refractivity contribution in [3.8, 4) is 0 Å². The second-order valence-electron chi connectivity index (χ2n) is 6.36. The number of esters is 1. The summed E-state index contributed by atoms with van der Waals surface area (Å²) in [6.45, 7) is 8.97. The molecule has 98 valence electrons. The topological polar surface area (TPSA) is 26.3 Å². The molecule has 3 rings (SSSR count). The van der Waals surface area contributed by atoms with Crippen molar-refractivity contribution < 1.29 is 9.53 Å². The standard InChI is InChI=1S/C15H19ClO2/c1-9-4-5-12(16)11-6-15(8-14(9,11)3)10(2)7-18-13(15)17/h9H,2,4-8H2,1,3H3/t9-,14+,15-/m0/s1. The van der Waals surface area contributed by atoms with Gasteiger partial charge in [-0.3, -0.25) is 4.79 Å². The van der Waals surface area contributed by atoms with E-state index in [0.717, 1.165) is 36.3 Å². The Morgan fingerprint density at radius 3 is 2.78 bits per heavy atom. The maximum Gasteiger partial charge on any atom is 0.317 e. The van der Waals surface area contributed by atoms with Crippen molar-refractivity contribution >= 4 is 17.6 Å². The predicted octanol–water partition coefficient (Wildman–Crippen LogP) is 3.81. The molecule has 1 spiro atoms. The third-order valence-corrected chi connectivity index (χ3v) is 5.91. The smallest absolute Gasteiger partial charge is 0.317 e. The van der Waals surface area contributed by atoms with E-state index in [1.165, 1.54) is 5.57 Å². The lowest BCUT2D eigenvalue weighted by atomic mass is 9.67. The van der Waals surface area contributed by atoms with Crippen LogP contribution in [0.25, 0.3) is 0 Å². The zero-order chi connectivity index (χ0) is 13.1. The van der Waals surface area contributed by atoms with Gasteiger partial charge in [-0.25, -0.2) is 0 Å². The average Bonchev–Trinajstić information content (AvgIpc) is 2.80. The van der Waals surface area contributed by atoms with Crippen LogP contribution < -0.4 is 0 Å². The number of cyclic esters (lactones) is 1. The second kappa shape index (κ2) is 3.63. The molecule has 3 heteroatoms. The van der Waals surface area contributed by atoms with Crippen LogP contribution in [0.1, 0.15) is 39.5 Å². The fourth-order valence-electron chi connectivity index (χ4n) is 3.96. The Kier molecular flexibility index (Phi) is 2.48. The first-order chi connectivity index (χ1) is 8.40. The Morgan fingerprint density at radius 1 is 1.50 bits per heavy atom. The first-order valence-corrected chi connectivity index (χ1v) is 7.01. The highest BCUT2D eigenvalue weighted by Crippen LogP contribution is 2.64. The van der Waals surface area contributed by atoms with Gasteiger partial charge < -0.3 is 4.74 Å². The van der Waals surface area contributed by atoms with Crippen LogP contribution in [0.15, 0.2) is 22.8 Å². The maximum atomic E-state index is 12.2. The average molecular weight is 267 g/mol. The van der Waals surface area contributed by atoms with Crippen LogP contribution in [0.4, 0.5) is 0 Å². The number of hydrogen-bond donors (Lipinski definition) is 0. The number of allylic oxidation sites excluding steroid dienone is 2. The minimum Gasteiger partial charge on any atom is -0.460 e. The van der Waals surface area contributed by atoms with Gasteiger partial charge in [-0.15, -0.1) is 0 Å². The van der Waals surface area contributed by atoms with E-state index in [1.807, 2.05) is 0 Å². The molecule has 1 heterocycles. The Bertz CT molecular complexity index is 461. The first-order valence-electron chi connectivity index (χ1n) is 6.64. The molecule has 3 atom stereocenters. The molecule has 1 saturated heterocycles. The molecule has 0 aromatic heterocycles. The summed E-state index contributed by atoms with van der Waals surface area (Å²) >= 11 is 6.43. The van der Waals surface area contributed by atoms with E-state index in [0.29, 0.717) is 12.5 Å². The van der Waals surface area contributed by atoms with Gasteiger partial charge in [0.1, 0.15) is 6.61 Å². The normalized spacial score (nSPS) is 43.6. The third kappa shape index (κ3) is 1.33. The van der Waals surface area contributed by atoms with Gasteiger partial charge in [-0.1, -0.05) is 32.0 Å². The zero-order valence-corrected chi connectivity index (χ0v) is 11.8. The lowest BCUT2D eigenvalue weighted by molar-refractivity contribution is -0.146. The molecule has 1 saturated carbocycles. The van der Waals surface area contributed by atoms with Gasteiger partial charge in [-0.2, -0.15) is 0 Å². The minimum atomic E-state index is -0.483. The summed E-state index contributed by atoms with van der Waals surface area (Å²) in [5.74, 6) is 0.475. The van der Waals surface area contributed by atoms with Gasteiger partial charge in [-0.05, 0) is 48.2 Å². The maximum absolute atomic E-state index is 12.2. The van der Waals surface area contributed by atoms with Gasteiger partial charge in [0, 0.05) is 5.03 Å². The number of carbonyl (C=O) groups excluding carboxylic acids is 1. The van der Waals surface area contributed by atoms with Crippen molar-refractivity contribution in [2.24, 2.45) is 16.7 Å². The van der Waals surface area contributed by atoms with E-state index in [-0.39, 0.29) is 11.4 Å². The van der Waals surface area contributed by atoms with Gasteiger partial charge >= 0.3 is 5.97 Å². The fraction of sp³-hybridized carbons (Fsp3) is 0.667. The molecular formula is C15H19ClO2. The van der Waals surface area contributed by atoms with Gasteiger partial charge in [0.25, 0.3) is 0 Å². The molecule has 1 aliphatic heterocycles. The highest BCUT2D eigenvalue weighted by atomic mass is 35.5. The van der Waals surface area contributed by atoms with E-state index in [2.05, 4.69) is 20.4 Å².